The number of ether oxygens (including phenoxy) is 2. The summed E-state index contributed by atoms with van der Waals surface area (Å²) in [6, 6.07) is 14.9. The highest BCUT2D eigenvalue weighted by atomic mass is 16.5. The van der Waals surface area contributed by atoms with Gasteiger partial charge < -0.3 is 15.2 Å². The van der Waals surface area contributed by atoms with E-state index in [2.05, 4.69) is 0 Å². The van der Waals surface area contributed by atoms with Crippen LogP contribution in [-0.4, -0.2) is 6.61 Å². The minimum Gasteiger partial charge on any atom is -0.494 e. The largest absolute Gasteiger partial charge is 0.494 e. The first-order valence-corrected chi connectivity index (χ1v) is 5.54. The highest BCUT2D eigenvalue weighted by Gasteiger charge is 2.02. The van der Waals surface area contributed by atoms with Crippen molar-refractivity contribution in [1.29, 1.82) is 0 Å². The van der Waals surface area contributed by atoms with Gasteiger partial charge in [0.1, 0.15) is 17.2 Å². The van der Waals surface area contributed by atoms with E-state index in [1.54, 1.807) is 12.1 Å². The van der Waals surface area contributed by atoms with Gasteiger partial charge in [-0.25, -0.2) is 0 Å². The highest BCUT2D eigenvalue weighted by molar-refractivity contribution is 5.51. The minimum atomic E-state index is 0.605. The van der Waals surface area contributed by atoms with Crippen LogP contribution in [0.3, 0.4) is 0 Å². The standard InChI is InChI=1S/C14H15NO2/c1-2-16-13-8-11(15)9-14(10-13)17-12-6-4-3-5-7-12/h3-10H,2,15H2,1H3. The van der Waals surface area contributed by atoms with E-state index in [9.17, 15) is 0 Å². The second-order valence-electron chi connectivity index (χ2n) is 3.59. The third-order valence-electron chi connectivity index (χ3n) is 2.19. The van der Waals surface area contributed by atoms with Crippen molar-refractivity contribution in [2.75, 3.05) is 12.3 Å². The molecule has 0 spiro atoms. The predicted molar refractivity (Wildman–Crippen MR) is 68.5 cm³/mol. The van der Waals surface area contributed by atoms with Gasteiger partial charge in [0.25, 0.3) is 0 Å². The van der Waals surface area contributed by atoms with Crippen LogP contribution in [0.15, 0.2) is 48.5 Å². The van der Waals surface area contributed by atoms with Crippen LogP contribution in [0.5, 0.6) is 17.2 Å². The number of nitrogen functional groups attached to an aromatic ring is 1. The zero-order valence-electron chi connectivity index (χ0n) is 9.72. The number of anilines is 1. The summed E-state index contributed by atoms with van der Waals surface area (Å²) >= 11 is 0. The van der Waals surface area contributed by atoms with E-state index in [-0.39, 0.29) is 0 Å². The Morgan fingerprint density at radius 2 is 1.65 bits per heavy atom. The Balaban J connectivity index is 2.21. The fourth-order valence-corrected chi connectivity index (χ4v) is 1.53. The molecule has 3 nitrogen and oxygen atoms in total. The lowest BCUT2D eigenvalue weighted by Gasteiger charge is -2.09. The lowest BCUT2D eigenvalue weighted by Crippen LogP contribution is -1.94. The predicted octanol–water partition coefficient (Wildman–Crippen LogP) is 3.46. The lowest BCUT2D eigenvalue weighted by atomic mass is 10.3. The Bertz CT molecular complexity index is 483. The second kappa shape index (κ2) is 5.25. The van der Waals surface area contributed by atoms with Crippen LogP contribution in [0.25, 0.3) is 0 Å². The molecular weight excluding hydrogens is 214 g/mol. The first-order chi connectivity index (χ1) is 8.28. The van der Waals surface area contributed by atoms with Gasteiger partial charge in [-0.2, -0.15) is 0 Å². The lowest BCUT2D eigenvalue weighted by molar-refractivity contribution is 0.338. The van der Waals surface area contributed by atoms with E-state index in [0.29, 0.717) is 18.0 Å². The van der Waals surface area contributed by atoms with Gasteiger partial charge in [-0.3, -0.25) is 0 Å². The number of hydrogen-bond acceptors (Lipinski definition) is 3. The quantitative estimate of drug-likeness (QED) is 0.816. The molecule has 17 heavy (non-hydrogen) atoms. The molecule has 3 heteroatoms. The van der Waals surface area contributed by atoms with Crippen LogP contribution < -0.4 is 15.2 Å². The minimum absolute atomic E-state index is 0.605. The van der Waals surface area contributed by atoms with Gasteiger partial charge in [-0.05, 0) is 19.1 Å². The Hall–Kier alpha value is -2.16. The summed E-state index contributed by atoms with van der Waals surface area (Å²) in [5.41, 5.74) is 6.41. The number of rotatable bonds is 4. The number of nitrogens with two attached hydrogens (primary N) is 1. The first-order valence-electron chi connectivity index (χ1n) is 5.54. The third-order valence-corrected chi connectivity index (χ3v) is 2.19. The molecule has 0 heterocycles. The van der Waals surface area contributed by atoms with E-state index in [4.69, 9.17) is 15.2 Å². The summed E-state index contributed by atoms with van der Waals surface area (Å²) in [6.45, 7) is 2.54. The van der Waals surface area contributed by atoms with Crippen LogP contribution in [0.1, 0.15) is 6.92 Å². The van der Waals surface area contributed by atoms with Gasteiger partial charge in [0.15, 0.2) is 0 Å². The molecule has 0 aliphatic carbocycles. The maximum atomic E-state index is 5.78. The highest BCUT2D eigenvalue weighted by Crippen LogP contribution is 2.28. The molecule has 0 fully saturated rings. The van der Waals surface area contributed by atoms with Crippen molar-refractivity contribution in [3.05, 3.63) is 48.5 Å². The summed E-state index contributed by atoms with van der Waals surface area (Å²) in [6.07, 6.45) is 0. The monoisotopic (exact) mass is 229 g/mol. The molecule has 0 radical (unpaired) electrons. The molecule has 0 aliphatic rings. The van der Waals surface area contributed by atoms with Gasteiger partial charge in [-0.15, -0.1) is 0 Å². The summed E-state index contributed by atoms with van der Waals surface area (Å²) in [7, 11) is 0. The maximum Gasteiger partial charge on any atom is 0.133 e. The zero-order chi connectivity index (χ0) is 12.1. The fourth-order valence-electron chi connectivity index (χ4n) is 1.53. The molecular formula is C14H15NO2. The van der Waals surface area contributed by atoms with Crippen molar-refractivity contribution in [1.82, 2.24) is 0 Å². The molecule has 0 saturated carbocycles. The molecule has 2 aromatic carbocycles. The van der Waals surface area contributed by atoms with Crippen molar-refractivity contribution in [2.45, 2.75) is 6.92 Å². The normalized spacial score (nSPS) is 9.94. The van der Waals surface area contributed by atoms with Crippen LogP contribution in [0.2, 0.25) is 0 Å². The van der Waals surface area contributed by atoms with Crippen LogP contribution in [0.4, 0.5) is 5.69 Å². The topological polar surface area (TPSA) is 44.5 Å². The Kier molecular flexibility index (Phi) is 3.50. The Morgan fingerprint density at radius 3 is 2.35 bits per heavy atom. The van der Waals surface area contributed by atoms with Crippen molar-refractivity contribution < 1.29 is 9.47 Å². The SMILES string of the molecule is CCOc1cc(N)cc(Oc2ccccc2)c1. The van der Waals surface area contributed by atoms with E-state index >= 15 is 0 Å². The average Bonchev–Trinajstić information content (AvgIpc) is 2.30. The van der Waals surface area contributed by atoms with Crippen molar-refractivity contribution in [3.63, 3.8) is 0 Å². The number of benzene rings is 2. The summed E-state index contributed by atoms with van der Waals surface area (Å²) in [5.74, 6) is 2.18. The summed E-state index contributed by atoms with van der Waals surface area (Å²) < 4.78 is 11.1. The first kappa shape index (κ1) is 11.3. The molecule has 0 atom stereocenters. The van der Waals surface area contributed by atoms with Crippen LogP contribution >= 0.6 is 0 Å². The molecule has 0 aliphatic heterocycles. The zero-order valence-corrected chi connectivity index (χ0v) is 9.72. The van der Waals surface area contributed by atoms with Gasteiger partial charge in [0.05, 0.1) is 6.61 Å². The molecule has 0 aromatic heterocycles. The van der Waals surface area contributed by atoms with E-state index in [1.807, 2.05) is 43.3 Å². The third kappa shape index (κ3) is 3.14. The van der Waals surface area contributed by atoms with Crippen LogP contribution in [0, 0.1) is 0 Å². The average molecular weight is 229 g/mol. The Labute approximate surface area is 101 Å². The fraction of sp³-hybridized carbons (Fsp3) is 0.143. The van der Waals surface area contributed by atoms with Gasteiger partial charge in [0, 0.05) is 23.9 Å². The summed E-state index contributed by atoms with van der Waals surface area (Å²) in [4.78, 5) is 0. The van der Waals surface area contributed by atoms with E-state index in [1.165, 1.54) is 0 Å². The van der Waals surface area contributed by atoms with Crippen molar-refractivity contribution >= 4 is 5.69 Å². The maximum absolute atomic E-state index is 5.78. The van der Waals surface area contributed by atoms with Crippen molar-refractivity contribution in [3.8, 4) is 17.2 Å². The smallest absolute Gasteiger partial charge is 0.133 e. The van der Waals surface area contributed by atoms with E-state index in [0.717, 1.165) is 11.5 Å². The summed E-state index contributed by atoms with van der Waals surface area (Å²) in [5, 5.41) is 0. The Morgan fingerprint density at radius 1 is 0.941 bits per heavy atom. The molecule has 2 N–H and O–H groups in total. The molecule has 0 bridgehead atoms. The molecule has 0 saturated heterocycles. The van der Waals surface area contributed by atoms with Gasteiger partial charge in [0.2, 0.25) is 0 Å². The molecule has 2 aromatic rings. The van der Waals surface area contributed by atoms with Crippen molar-refractivity contribution in [2.24, 2.45) is 0 Å². The number of para-hydroxylation sites is 1. The molecule has 2 rings (SSSR count). The molecule has 0 amide bonds. The molecule has 88 valence electrons. The van der Waals surface area contributed by atoms with Gasteiger partial charge >= 0.3 is 0 Å². The van der Waals surface area contributed by atoms with Crippen LogP contribution in [-0.2, 0) is 0 Å². The van der Waals surface area contributed by atoms with E-state index < -0.39 is 0 Å². The number of hydrogen-bond donors (Lipinski definition) is 1. The molecule has 0 unspecified atom stereocenters. The van der Waals surface area contributed by atoms with Gasteiger partial charge in [-0.1, -0.05) is 18.2 Å². The second-order valence-corrected chi connectivity index (χ2v) is 3.59.